The fraction of sp³-hybridized carbons (Fsp3) is 0.208. The SMILES string of the molecule is COc1cc(-c2nnc(N[C@@H](C)c3ccc(F)cc3)cc2C)ccc1-n1cnc(C)c1.Cl. The summed E-state index contributed by atoms with van der Waals surface area (Å²) < 4.78 is 20.7. The highest BCUT2D eigenvalue weighted by atomic mass is 35.5. The van der Waals surface area contributed by atoms with Gasteiger partial charge >= 0.3 is 0 Å². The van der Waals surface area contributed by atoms with Gasteiger partial charge in [0.15, 0.2) is 0 Å². The highest BCUT2D eigenvalue weighted by molar-refractivity contribution is 5.85. The zero-order valence-corrected chi connectivity index (χ0v) is 19.2. The van der Waals surface area contributed by atoms with Crippen molar-refractivity contribution in [1.82, 2.24) is 19.7 Å². The van der Waals surface area contributed by atoms with E-state index < -0.39 is 0 Å². The van der Waals surface area contributed by atoms with E-state index in [1.807, 2.05) is 55.8 Å². The quantitative estimate of drug-likeness (QED) is 0.406. The molecule has 4 aromatic rings. The van der Waals surface area contributed by atoms with Crippen LogP contribution in [0.3, 0.4) is 0 Å². The number of rotatable bonds is 6. The normalized spacial score (nSPS) is 11.5. The molecule has 2 aromatic carbocycles. The summed E-state index contributed by atoms with van der Waals surface area (Å²) in [5, 5.41) is 12.1. The van der Waals surface area contributed by atoms with E-state index in [-0.39, 0.29) is 24.3 Å². The Bertz CT molecular complexity index is 1210. The number of hydrogen-bond acceptors (Lipinski definition) is 5. The molecule has 2 heterocycles. The fourth-order valence-electron chi connectivity index (χ4n) is 3.49. The Kier molecular flexibility index (Phi) is 7.10. The van der Waals surface area contributed by atoms with Gasteiger partial charge in [-0.3, -0.25) is 0 Å². The summed E-state index contributed by atoms with van der Waals surface area (Å²) in [4.78, 5) is 4.28. The summed E-state index contributed by atoms with van der Waals surface area (Å²) in [6, 6.07) is 14.3. The lowest BCUT2D eigenvalue weighted by molar-refractivity contribution is 0.413. The topological polar surface area (TPSA) is 64.9 Å². The Hall–Kier alpha value is -3.45. The van der Waals surface area contributed by atoms with Gasteiger partial charge in [0.2, 0.25) is 0 Å². The Morgan fingerprint density at radius 3 is 2.41 bits per heavy atom. The number of imidazole rings is 1. The van der Waals surface area contributed by atoms with Crippen molar-refractivity contribution in [2.45, 2.75) is 26.8 Å². The molecule has 0 unspecified atom stereocenters. The maximum atomic E-state index is 13.2. The molecule has 0 aliphatic carbocycles. The summed E-state index contributed by atoms with van der Waals surface area (Å²) in [6.07, 6.45) is 3.71. The predicted octanol–water partition coefficient (Wildman–Crippen LogP) is 5.69. The number of nitrogens with one attached hydrogen (secondary N) is 1. The van der Waals surface area contributed by atoms with E-state index in [9.17, 15) is 4.39 Å². The van der Waals surface area contributed by atoms with Gasteiger partial charge in [0.05, 0.1) is 36.6 Å². The lowest BCUT2D eigenvalue weighted by atomic mass is 10.1. The monoisotopic (exact) mass is 453 g/mol. The molecule has 4 rings (SSSR count). The highest BCUT2D eigenvalue weighted by Gasteiger charge is 2.13. The number of anilines is 1. The van der Waals surface area contributed by atoms with E-state index in [1.54, 1.807) is 25.6 Å². The van der Waals surface area contributed by atoms with Crippen molar-refractivity contribution in [1.29, 1.82) is 0 Å². The van der Waals surface area contributed by atoms with Crippen LogP contribution in [0.4, 0.5) is 10.2 Å². The van der Waals surface area contributed by atoms with E-state index in [0.717, 1.165) is 39.5 Å². The first-order chi connectivity index (χ1) is 14.9. The van der Waals surface area contributed by atoms with Crippen molar-refractivity contribution < 1.29 is 9.13 Å². The Morgan fingerprint density at radius 2 is 1.78 bits per heavy atom. The van der Waals surface area contributed by atoms with Crippen LogP contribution in [-0.2, 0) is 0 Å². The summed E-state index contributed by atoms with van der Waals surface area (Å²) in [7, 11) is 1.65. The van der Waals surface area contributed by atoms with Crippen LogP contribution in [0.2, 0.25) is 0 Å². The average Bonchev–Trinajstić information content (AvgIpc) is 3.20. The van der Waals surface area contributed by atoms with Gasteiger partial charge in [-0.1, -0.05) is 18.2 Å². The third-order valence-electron chi connectivity index (χ3n) is 5.16. The Balaban J connectivity index is 0.00000289. The largest absolute Gasteiger partial charge is 0.495 e. The second kappa shape index (κ2) is 9.78. The van der Waals surface area contributed by atoms with E-state index in [4.69, 9.17) is 4.74 Å². The lowest BCUT2D eigenvalue weighted by Crippen LogP contribution is -2.09. The highest BCUT2D eigenvalue weighted by Crippen LogP contribution is 2.31. The summed E-state index contributed by atoms with van der Waals surface area (Å²) in [5.74, 6) is 1.14. The molecule has 8 heteroatoms. The molecule has 166 valence electrons. The summed E-state index contributed by atoms with van der Waals surface area (Å²) in [6.45, 7) is 5.94. The van der Waals surface area contributed by atoms with Crippen LogP contribution in [0.1, 0.15) is 29.8 Å². The molecule has 0 bridgehead atoms. The minimum absolute atomic E-state index is 0. The fourth-order valence-corrected chi connectivity index (χ4v) is 3.49. The minimum Gasteiger partial charge on any atom is -0.495 e. The summed E-state index contributed by atoms with van der Waals surface area (Å²) >= 11 is 0. The number of aryl methyl sites for hydroxylation is 2. The number of benzene rings is 2. The molecular formula is C24H25ClFN5O. The molecule has 0 saturated carbocycles. The molecule has 1 atom stereocenters. The van der Waals surface area contributed by atoms with Crippen LogP contribution in [0.5, 0.6) is 5.75 Å². The predicted molar refractivity (Wildman–Crippen MR) is 126 cm³/mol. The van der Waals surface area contributed by atoms with Crippen LogP contribution in [0, 0.1) is 19.7 Å². The first-order valence-electron chi connectivity index (χ1n) is 10.0. The van der Waals surface area contributed by atoms with Gasteiger partial charge in [-0.05, 0) is 62.2 Å². The van der Waals surface area contributed by atoms with Crippen LogP contribution < -0.4 is 10.1 Å². The van der Waals surface area contributed by atoms with E-state index >= 15 is 0 Å². The maximum absolute atomic E-state index is 13.2. The third kappa shape index (κ3) is 4.89. The molecule has 0 spiro atoms. The molecule has 32 heavy (non-hydrogen) atoms. The van der Waals surface area contributed by atoms with Gasteiger partial charge in [-0.15, -0.1) is 22.6 Å². The standard InChI is InChI=1S/C24H24FN5O.ClH/c1-15-11-23(27-17(3)18-5-8-20(25)9-6-18)28-29-24(15)19-7-10-21(22(12-19)31-4)30-13-16(2)26-14-30;/h5-14,17H,1-4H3,(H,27,28);1H/t17-;/m0./s1. The number of hydrogen-bond donors (Lipinski definition) is 1. The van der Waals surface area contributed by atoms with Crippen LogP contribution >= 0.6 is 12.4 Å². The second-order valence-corrected chi connectivity index (χ2v) is 7.49. The van der Waals surface area contributed by atoms with E-state index in [2.05, 4.69) is 20.5 Å². The molecule has 0 radical (unpaired) electrons. The van der Waals surface area contributed by atoms with Gasteiger partial charge in [0.1, 0.15) is 17.4 Å². The number of nitrogens with zero attached hydrogens (tertiary/aromatic N) is 4. The van der Waals surface area contributed by atoms with Crippen molar-refractivity contribution in [2.75, 3.05) is 12.4 Å². The third-order valence-corrected chi connectivity index (χ3v) is 5.16. The number of aromatic nitrogens is 4. The Morgan fingerprint density at radius 1 is 1.03 bits per heavy atom. The number of ether oxygens (including phenoxy) is 1. The van der Waals surface area contributed by atoms with E-state index in [1.165, 1.54) is 12.1 Å². The number of halogens is 2. The average molecular weight is 454 g/mol. The van der Waals surface area contributed by atoms with Crippen molar-refractivity contribution in [3.05, 3.63) is 83.7 Å². The lowest BCUT2D eigenvalue weighted by Gasteiger charge is -2.16. The van der Waals surface area contributed by atoms with Gasteiger partial charge in [0.25, 0.3) is 0 Å². The molecule has 6 nitrogen and oxygen atoms in total. The molecule has 0 aliphatic rings. The minimum atomic E-state index is -0.249. The van der Waals surface area contributed by atoms with Crippen molar-refractivity contribution in [3.63, 3.8) is 0 Å². The molecule has 0 aliphatic heterocycles. The van der Waals surface area contributed by atoms with Gasteiger partial charge in [-0.25, -0.2) is 9.37 Å². The maximum Gasteiger partial charge on any atom is 0.149 e. The molecule has 1 N–H and O–H groups in total. The molecule has 0 saturated heterocycles. The van der Waals surface area contributed by atoms with Crippen molar-refractivity contribution in [2.24, 2.45) is 0 Å². The Labute approximate surface area is 192 Å². The van der Waals surface area contributed by atoms with Crippen molar-refractivity contribution >= 4 is 18.2 Å². The van der Waals surface area contributed by atoms with Gasteiger partial charge in [0, 0.05) is 11.8 Å². The summed E-state index contributed by atoms with van der Waals surface area (Å²) in [5.41, 5.74) is 5.50. The van der Waals surface area contributed by atoms with Crippen molar-refractivity contribution in [3.8, 4) is 22.7 Å². The van der Waals surface area contributed by atoms with Crippen LogP contribution in [0.15, 0.2) is 61.1 Å². The van der Waals surface area contributed by atoms with Gasteiger partial charge in [-0.2, -0.15) is 0 Å². The number of methoxy groups -OCH3 is 1. The zero-order chi connectivity index (χ0) is 22.0. The van der Waals surface area contributed by atoms with Gasteiger partial charge < -0.3 is 14.6 Å². The first kappa shape index (κ1) is 23.2. The van der Waals surface area contributed by atoms with E-state index in [0.29, 0.717) is 5.82 Å². The molecule has 2 aromatic heterocycles. The van der Waals surface area contributed by atoms with Crippen LogP contribution in [-0.4, -0.2) is 26.9 Å². The van der Waals surface area contributed by atoms with Crippen LogP contribution in [0.25, 0.3) is 16.9 Å². The molecule has 0 amide bonds. The molecule has 0 fully saturated rings. The molecular weight excluding hydrogens is 429 g/mol. The first-order valence-corrected chi connectivity index (χ1v) is 10.0. The zero-order valence-electron chi connectivity index (χ0n) is 18.3. The smallest absolute Gasteiger partial charge is 0.149 e. The second-order valence-electron chi connectivity index (χ2n) is 7.49.